The fraction of sp³-hybridized carbons (Fsp3) is 0.111. The fourth-order valence-corrected chi connectivity index (χ4v) is 3.52. The highest BCUT2D eigenvalue weighted by molar-refractivity contribution is 9.10. The Hall–Kier alpha value is -0.190. The molecule has 1 aromatic heterocycles. The second-order valence-corrected chi connectivity index (χ2v) is 4.95. The zero-order valence-electron chi connectivity index (χ0n) is 6.73. The Morgan fingerprint density at radius 3 is 2.71 bits per heavy atom. The molecular formula is C9H4BrClF2S. The number of fused-ring (bicyclic) bond motifs is 1. The third-order valence-corrected chi connectivity index (χ3v) is 3.65. The van der Waals surface area contributed by atoms with Crippen LogP contribution >= 0.6 is 38.9 Å². The normalized spacial score (nSPS) is 11.5. The van der Waals surface area contributed by atoms with Gasteiger partial charge in [-0.1, -0.05) is 27.5 Å². The lowest BCUT2D eigenvalue weighted by Gasteiger charge is -2.00. The summed E-state index contributed by atoms with van der Waals surface area (Å²) in [5, 5.41) is 2.58. The molecule has 1 aromatic carbocycles. The largest absolute Gasteiger partial charge is 0.265 e. The minimum Gasteiger partial charge on any atom is -0.205 e. The number of benzene rings is 1. The van der Waals surface area contributed by atoms with Gasteiger partial charge in [0.1, 0.15) is 0 Å². The summed E-state index contributed by atoms with van der Waals surface area (Å²) in [7, 11) is 0. The van der Waals surface area contributed by atoms with Crippen molar-refractivity contribution in [3.63, 3.8) is 0 Å². The quantitative estimate of drug-likeness (QED) is 0.674. The Morgan fingerprint density at radius 2 is 2.07 bits per heavy atom. The number of halogens is 4. The molecule has 1 heterocycles. The number of thiophene rings is 1. The zero-order chi connectivity index (χ0) is 10.3. The number of hydrogen-bond donors (Lipinski definition) is 0. The molecule has 0 nitrogen and oxygen atoms in total. The van der Waals surface area contributed by atoms with Crippen molar-refractivity contribution in [3.8, 4) is 0 Å². The molecule has 0 N–H and O–H groups in total. The fourth-order valence-electron chi connectivity index (χ4n) is 1.27. The van der Waals surface area contributed by atoms with E-state index in [0.717, 1.165) is 4.70 Å². The maximum Gasteiger partial charge on any atom is 0.265 e. The van der Waals surface area contributed by atoms with E-state index in [4.69, 9.17) is 11.6 Å². The molecule has 0 unspecified atom stereocenters. The number of rotatable bonds is 1. The van der Waals surface area contributed by atoms with Crippen molar-refractivity contribution in [2.45, 2.75) is 6.43 Å². The monoisotopic (exact) mass is 296 g/mol. The van der Waals surface area contributed by atoms with E-state index in [-0.39, 0.29) is 5.56 Å². The predicted octanol–water partition coefficient (Wildman–Crippen LogP) is 5.25. The maximum absolute atomic E-state index is 12.6. The van der Waals surface area contributed by atoms with Gasteiger partial charge in [0.15, 0.2) is 0 Å². The van der Waals surface area contributed by atoms with E-state index in [9.17, 15) is 8.78 Å². The Bertz CT molecular complexity index is 481. The third-order valence-electron chi connectivity index (χ3n) is 1.86. The molecule has 2 aromatic rings. The SMILES string of the molecule is FC(F)c1csc2cc(Cl)cc(Br)c12. The van der Waals surface area contributed by atoms with Crippen molar-refractivity contribution >= 4 is 49.0 Å². The van der Waals surface area contributed by atoms with E-state index in [1.54, 1.807) is 12.1 Å². The van der Waals surface area contributed by atoms with Crippen LogP contribution in [-0.2, 0) is 0 Å². The number of hydrogen-bond acceptors (Lipinski definition) is 1. The lowest BCUT2D eigenvalue weighted by atomic mass is 10.2. The first-order chi connectivity index (χ1) is 6.59. The molecule has 74 valence electrons. The molecule has 14 heavy (non-hydrogen) atoms. The summed E-state index contributed by atoms with van der Waals surface area (Å²) < 4.78 is 26.5. The van der Waals surface area contributed by atoms with Crippen LogP contribution in [0.1, 0.15) is 12.0 Å². The van der Waals surface area contributed by atoms with Crippen LogP contribution in [0.2, 0.25) is 5.02 Å². The van der Waals surface area contributed by atoms with Gasteiger partial charge in [0.05, 0.1) is 0 Å². The highest BCUT2D eigenvalue weighted by atomic mass is 79.9. The molecule has 0 aliphatic rings. The minimum absolute atomic E-state index is 0.0635. The lowest BCUT2D eigenvalue weighted by molar-refractivity contribution is 0.153. The summed E-state index contributed by atoms with van der Waals surface area (Å²) >= 11 is 10.3. The van der Waals surface area contributed by atoms with Gasteiger partial charge in [-0.15, -0.1) is 11.3 Å². The molecule has 0 saturated carbocycles. The third kappa shape index (κ3) is 1.66. The zero-order valence-corrected chi connectivity index (χ0v) is 9.89. The molecule has 0 bridgehead atoms. The molecule has 0 spiro atoms. The topological polar surface area (TPSA) is 0 Å². The molecule has 0 amide bonds. The first kappa shape index (κ1) is 10.3. The maximum atomic E-state index is 12.6. The van der Waals surface area contributed by atoms with Crippen molar-refractivity contribution in [2.24, 2.45) is 0 Å². The van der Waals surface area contributed by atoms with E-state index in [1.807, 2.05) is 0 Å². The van der Waals surface area contributed by atoms with Crippen LogP contribution in [-0.4, -0.2) is 0 Å². The van der Waals surface area contributed by atoms with Crippen LogP contribution < -0.4 is 0 Å². The van der Waals surface area contributed by atoms with Gasteiger partial charge in [0.2, 0.25) is 0 Å². The molecule has 0 atom stereocenters. The van der Waals surface area contributed by atoms with Gasteiger partial charge >= 0.3 is 0 Å². The summed E-state index contributed by atoms with van der Waals surface area (Å²) in [5.74, 6) is 0. The Kier molecular flexibility index (Phi) is 2.77. The Labute approximate surface area is 96.6 Å². The van der Waals surface area contributed by atoms with Crippen molar-refractivity contribution < 1.29 is 8.78 Å². The molecule has 0 aliphatic carbocycles. The van der Waals surface area contributed by atoms with Crippen LogP contribution in [0.25, 0.3) is 10.1 Å². The van der Waals surface area contributed by atoms with E-state index < -0.39 is 6.43 Å². The van der Waals surface area contributed by atoms with Crippen molar-refractivity contribution in [1.82, 2.24) is 0 Å². The van der Waals surface area contributed by atoms with Gasteiger partial charge in [-0.05, 0) is 12.1 Å². The van der Waals surface area contributed by atoms with E-state index in [2.05, 4.69) is 15.9 Å². The van der Waals surface area contributed by atoms with Crippen molar-refractivity contribution in [3.05, 3.63) is 32.6 Å². The Balaban J connectivity index is 2.79. The van der Waals surface area contributed by atoms with Crippen molar-refractivity contribution in [2.75, 3.05) is 0 Å². The van der Waals surface area contributed by atoms with Gasteiger partial charge in [-0.2, -0.15) is 0 Å². The van der Waals surface area contributed by atoms with E-state index >= 15 is 0 Å². The van der Waals surface area contributed by atoms with Crippen LogP contribution in [0, 0.1) is 0 Å². The summed E-state index contributed by atoms with van der Waals surface area (Å²) in [6.45, 7) is 0. The molecular weight excluding hydrogens is 294 g/mol. The van der Waals surface area contributed by atoms with Gasteiger partial charge < -0.3 is 0 Å². The highest BCUT2D eigenvalue weighted by Crippen LogP contribution is 2.39. The minimum atomic E-state index is -2.44. The number of alkyl halides is 2. The summed E-state index contributed by atoms with van der Waals surface area (Å²) in [5.41, 5.74) is 0.0635. The van der Waals surface area contributed by atoms with Crippen molar-refractivity contribution in [1.29, 1.82) is 0 Å². The summed E-state index contributed by atoms with van der Waals surface area (Å²) in [4.78, 5) is 0. The smallest absolute Gasteiger partial charge is 0.205 e. The predicted molar refractivity (Wildman–Crippen MR) is 59.5 cm³/mol. The molecule has 0 saturated heterocycles. The van der Waals surface area contributed by atoms with Crippen LogP contribution in [0.15, 0.2) is 22.0 Å². The van der Waals surface area contributed by atoms with Gasteiger partial charge in [0.25, 0.3) is 6.43 Å². The van der Waals surface area contributed by atoms with Gasteiger partial charge in [-0.25, -0.2) is 8.78 Å². The second kappa shape index (κ2) is 3.76. The van der Waals surface area contributed by atoms with E-state index in [0.29, 0.717) is 14.9 Å². The first-order valence-electron chi connectivity index (χ1n) is 3.74. The Morgan fingerprint density at radius 1 is 1.36 bits per heavy atom. The van der Waals surface area contributed by atoms with Gasteiger partial charge in [-0.3, -0.25) is 0 Å². The molecule has 2 rings (SSSR count). The van der Waals surface area contributed by atoms with Gasteiger partial charge in [0, 0.05) is 30.5 Å². The average molecular weight is 298 g/mol. The summed E-state index contributed by atoms with van der Waals surface area (Å²) in [6, 6.07) is 3.32. The standard InChI is InChI=1S/C9H4BrClF2S/c10-6-1-4(11)2-7-8(6)5(3-14-7)9(12)13/h1-3,9H. The van der Waals surface area contributed by atoms with Crippen LogP contribution in [0.4, 0.5) is 8.78 Å². The molecule has 5 heteroatoms. The second-order valence-electron chi connectivity index (χ2n) is 2.75. The molecule has 0 radical (unpaired) electrons. The van der Waals surface area contributed by atoms with E-state index in [1.165, 1.54) is 16.7 Å². The lowest BCUT2D eigenvalue weighted by Crippen LogP contribution is -1.81. The molecule has 0 aliphatic heterocycles. The first-order valence-corrected chi connectivity index (χ1v) is 5.79. The average Bonchev–Trinajstić information content (AvgIpc) is 2.47. The van der Waals surface area contributed by atoms with Crippen LogP contribution in [0.5, 0.6) is 0 Å². The molecule has 0 fully saturated rings. The highest BCUT2D eigenvalue weighted by Gasteiger charge is 2.16. The van der Waals surface area contributed by atoms with Crippen LogP contribution in [0.3, 0.4) is 0 Å². The summed E-state index contributed by atoms with van der Waals surface area (Å²) in [6.07, 6.45) is -2.44.